The van der Waals surface area contributed by atoms with Crippen LogP contribution in [0.5, 0.6) is 0 Å². The van der Waals surface area contributed by atoms with Crippen LogP contribution in [0.3, 0.4) is 0 Å². The van der Waals surface area contributed by atoms with Crippen LogP contribution in [0.4, 0.5) is 20.2 Å². The maximum Gasteiger partial charge on any atom is 0.250 e. The summed E-state index contributed by atoms with van der Waals surface area (Å²) in [5.41, 5.74) is 0.126. The maximum absolute atomic E-state index is 13.3. The van der Waals surface area contributed by atoms with Crippen molar-refractivity contribution >= 4 is 35.0 Å². The summed E-state index contributed by atoms with van der Waals surface area (Å²) in [4.78, 5) is 27.0. The molecule has 1 aliphatic rings. The van der Waals surface area contributed by atoms with Gasteiger partial charge in [0.05, 0.1) is 17.1 Å². The number of carbonyl (C=O) groups is 2. The minimum atomic E-state index is -1.06. The number of nitrogens with zero attached hydrogens (tertiary/aromatic N) is 1. The summed E-state index contributed by atoms with van der Waals surface area (Å²) in [5, 5.41) is 2.79. The van der Waals surface area contributed by atoms with Gasteiger partial charge in [0.25, 0.3) is 0 Å². The van der Waals surface area contributed by atoms with Crippen molar-refractivity contribution in [1.29, 1.82) is 0 Å². The van der Waals surface area contributed by atoms with Gasteiger partial charge in [-0.3, -0.25) is 14.5 Å². The van der Waals surface area contributed by atoms with E-state index in [1.54, 1.807) is 38.1 Å². The average molecular weight is 362 g/mol. The van der Waals surface area contributed by atoms with Crippen molar-refractivity contribution < 1.29 is 18.4 Å². The lowest BCUT2D eigenvalue weighted by Gasteiger charge is -2.42. The quantitative estimate of drug-likeness (QED) is 0.845. The Hall–Kier alpha value is -2.41. The van der Waals surface area contributed by atoms with Crippen LogP contribution in [0.15, 0.2) is 47.4 Å². The smallest absolute Gasteiger partial charge is 0.250 e. The third-order valence-electron chi connectivity index (χ3n) is 4.01. The number of para-hydroxylation sites is 2. The molecule has 0 unspecified atom stereocenters. The predicted molar refractivity (Wildman–Crippen MR) is 93.7 cm³/mol. The standard InChI is InChI=1S/C18H16F2N2O2S/c1-18(2)17(24)21-14-5-3-4-6-15(14)22(18)16(23)10-25-11-7-8-12(19)13(20)9-11/h3-9H,10H2,1-2H3,(H,21,24). The predicted octanol–water partition coefficient (Wildman–Crippen LogP) is 3.82. The molecule has 0 atom stereocenters. The van der Waals surface area contributed by atoms with Crippen molar-refractivity contribution in [3.63, 3.8) is 0 Å². The fourth-order valence-electron chi connectivity index (χ4n) is 2.67. The van der Waals surface area contributed by atoms with E-state index in [-0.39, 0.29) is 17.6 Å². The van der Waals surface area contributed by atoms with E-state index in [9.17, 15) is 18.4 Å². The molecular weight excluding hydrogens is 346 g/mol. The average Bonchev–Trinajstić information content (AvgIpc) is 2.56. The summed E-state index contributed by atoms with van der Waals surface area (Å²) in [6.45, 7) is 3.33. The minimum Gasteiger partial charge on any atom is -0.322 e. The van der Waals surface area contributed by atoms with Crippen LogP contribution in [-0.4, -0.2) is 23.1 Å². The van der Waals surface area contributed by atoms with Gasteiger partial charge in [0.1, 0.15) is 5.54 Å². The Morgan fingerprint density at radius 3 is 2.60 bits per heavy atom. The van der Waals surface area contributed by atoms with Crippen LogP contribution in [-0.2, 0) is 9.59 Å². The second-order valence-electron chi connectivity index (χ2n) is 6.12. The second-order valence-corrected chi connectivity index (χ2v) is 7.17. The molecule has 0 aliphatic carbocycles. The summed E-state index contributed by atoms with van der Waals surface area (Å²) in [5.74, 6) is -2.46. The zero-order valence-corrected chi connectivity index (χ0v) is 14.5. The number of amides is 2. The molecule has 1 aliphatic heterocycles. The van der Waals surface area contributed by atoms with Crippen LogP contribution >= 0.6 is 11.8 Å². The molecule has 25 heavy (non-hydrogen) atoms. The molecule has 0 spiro atoms. The van der Waals surface area contributed by atoms with Gasteiger partial charge in [0.2, 0.25) is 11.8 Å². The summed E-state index contributed by atoms with van der Waals surface area (Å²) >= 11 is 1.09. The van der Waals surface area contributed by atoms with Crippen LogP contribution in [0.25, 0.3) is 0 Å². The van der Waals surface area contributed by atoms with E-state index in [2.05, 4.69) is 5.32 Å². The molecular formula is C18H16F2N2O2S. The molecule has 4 nitrogen and oxygen atoms in total. The lowest BCUT2D eigenvalue weighted by atomic mass is 9.96. The molecule has 1 N–H and O–H groups in total. The molecule has 0 saturated carbocycles. The highest BCUT2D eigenvalue weighted by atomic mass is 32.2. The molecule has 3 rings (SSSR count). The van der Waals surface area contributed by atoms with E-state index in [4.69, 9.17) is 0 Å². The highest BCUT2D eigenvalue weighted by Crippen LogP contribution is 2.37. The number of anilines is 2. The van der Waals surface area contributed by atoms with E-state index < -0.39 is 17.2 Å². The van der Waals surface area contributed by atoms with Crippen molar-refractivity contribution in [2.75, 3.05) is 16.0 Å². The van der Waals surface area contributed by atoms with Gasteiger partial charge >= 0.3 is 0 Å². The largest absolute Gasteiger partial charge is 0.322 e. The van der Waals surface area contributed by atoms with Crippen molar-refractivity contribution in [2.24, 2.45) is 0 Å². The van der Waals surface area contributed by atoms with Crippen LogP contribution in [0.1, 0.15) is 13.8 Å². The van der Waals surface area contributed by atoms with Crippen molar-refractivity contribution in [1.82, 2.24) is 0 Å². The van der Waals surface area contributed by atoms with E-state index in [0.717, 1.165) is 23.9 Å². The first-order chi connectivity index (χ1) is 11.8. The Balaban J connectivity index is 1.84. The van der Waals surface area contributed by atoms with Gasteiger partial charge in [-0.1, -0.05) is 12.1 Å². The molecule has 2 aromatic carbocycles. The zero-order valence-electron chi connectivity index (χ0n) is 13.7. The first-order valence-electron chi connectivity index (χ1n) is 7.62. The van der Waals surface area contributed by atoms with E-state index in [1.165, 1.54) is 11.0 Å². The van der Waals surface area contributed by atoms with E-state index in [0.29, 0.717) is 16.3 Å². The highest BCUT2D eigenvalue weighted by Gasteiger charge is 2.43. The Bertz CT molecular complexity index is 855. The van der Waals surface area contributed by atoms with Gasteiger partial charge < -0.3 is 5.32 Å². The third kappa shape index (κ3) is 3.24. The molecule has 0 saturated heterocycles. The molecule has 1 heterocycles. The van der Waals surface area contributed by atoms with Gasteiger partial charge in [-0.25, -0.2) is 8.78 Å². The molecule has 0 aromatic heterocycles. The number of halogens is 2. The summed E-state index contributed by atoms with van der Waals surface area (Å²) in [6, 6.07) is 10.5. The molecule has 0 bridgehead atoms. The molecule has 0 fully saturated rings. The molecule has 7 heteroatoms. The SMILES string of the molecule is CC1(C)C(=O)Nc2ccccc2N1C(=O)CSc1ccc(F)c(F)c1. The monoisotopic (exact) mass is 362 g/mol. The van der Waals surface area contributed by atoms with Gasteiger partial charge in [-0.15, -0.1) is 11.8 Å². The van der Waals surface area contributed by atoms with Crippen molar-refractivity contribution in [3.05, 3.63) is 54.1 Å². The number of hydrogen-bond donors (Lipinski definition) is 1. The first-order valence-corrected chi connectivity index (χ1v) is 8.60. The number of rotatable bonds is 3. The summed E-state index contributed by atoms with van der Waals surface area (Å²) in [7, 11) is 0. The van der Waals surface area contributed by atoms with E-state index >= 15 is 0 Å². The Kier molecular flexibility index (Phi) is 4.51. The first kappa shape index (κ1) is 17.4. The lowest BCUT2D eigenvalue weighted by Crippen LogP contribution is -2.58. The summed E-state index contributed by atoms with van der Waals surface area (Å²) in [6.07, 6.45) is 0. The zero-order chi connectivity index (χ0) is 18.2. The van der Waals surface area contributed by atoms with Crippen LogP contribution in [0, 0.1) is 11.6 Å². The maximum atomic E-state index is 13.3. The Labute approximate surface area is 148 Å². The number of benzene rings is 2. The fourth-order valence-corrected chi connectivity index (χ4v) is 3.44. The summed E-state index contributed by atoms with van der Waals surface area (Å²) < 4.78 is 26.3. The minimum absolute atomic E-state index is 0.00385. The van der Waals surface area contributed by atoms with E-state index in [1.807, 2.05) is 0 Å². The van der Waals surface area contributed by atoms with Crippen molar-refractivity contribution in [2.45, 2.75) is 24.3 Å². The second kappa shape index (κ2) is 6.48. The Morgan fingerprint density at radius 1 is 1.16 bits per heavy atom. The normalized spacial score (nSPS) is 15.5. The highest BCUT2D eigenvalue weighted by molar-refractivity contribution is 8.00. The topological polar surface area (TPSA) is 49.4 Å². The van der Waals surface area contributed by atoms with Gasteiger partial charge in [-0.05, 0) is 44.2 Å². The number of hydrogen-bond acceptors (Lipinski definition) is 3. The Morgan fingerprint density at radius 2 is 1.88 bits per heavy atom. The third-order valence-corrected chi connectivity index (χ3v) is 4.99. The molecule has 2 aromatic rings. The van der Waals surface area contributed by atoms with Crippen molar-refractivity contribution in [3.8, 4) is 0 Å². The number of fused-ring (bicyclic) bond motifs is 1. The van der Waals surface area contributed by atoms with Gasteiger partial charge in [-0.2, -0.15) is 0 Å². The molecule has 130 valence electrons. The molecule has 2 amide bonds. The number of nitrogens with one attached hydrogen (secondary N) is 1. The lowest BCUT2D eigenvalue weighted by molar-refractivity contribution is -0.125. The van der Waals surface area contributed by atoms with Crippen LogP contribution < -0.4 is 10.2 Å². The number of thioether (sulfide) groups is 1. The van der Waals surface area contributed by atoms with Gasteiger partial charge in [0.15, 0.2) is 11.6 Å². The van der Waals surface area contributed by atoms with Gasteiger partial charge in [0, 0.05) is 4.90 Å². The number of carbonyl (C=O) groups excluding carboxylic acids is 2. The fraction of sp³-hybridized carbons (Fsp3) is 0.222. The molecule has 0 radical (unpaired) electrons. The van der Waals surface area contributed by atoms with Crippen LogP contribution in [0.2, 0.25) is 0 Å².